The van der Waals surface area contributed by atoms with Crippen molar-refractivity contribution in [2.24, 2.45) is 5.92 Å². The molecule has 0 radical (unpaired) electrons. The van der Waals surface area contributed by atoms with E-state index >= 15 is 0 Å². The van der Waals surface area contributed by atoms with Crippen molar-refractivity contribution in [2.75, 3.05) is 41.0 Å². The number of carboxylic acid groups (broad SMARTS) is 1. The molecule has 1 atom stereocenters. The van der Waals surface area contributed by atoms with E-state index < -0.39 is 14.8 Å². The average molecular weight is 362 g/mol. The third kappa shape index (κ3) is 7.43. The van der Waals surface area contributed by atoms with Gasteiger partial charge >= 0.3 is 20.8 Å². The molecule has 0 saturated carbocycles. The fraction of sp³-hybridized carbons (Fsp3) is 0.733. The second-order valence-corrected chi connectivity index (χ2v) is 8.53. The van der Waals surface area contributed by atoms with Crippen molar-refractivity contribution >= 4 is 20.8 Å². The predicted molar refractivity (Wildman–Crippen MR) is 92.8 cm³/mol. The van der Waals surface area contributed by atoms with Gasteiger partial charge in [0, 0.05) is 52.6 Å². The first-order valence-electron chi connectivity index (χ1n) is 7.84. The van der Waals surface area contributed by atoms with Crippen LogP contribution in [0.2, 0.25) is 6.04 Å². The van der Waals surface area contributed by atoms with Crippen molar-refractivity contribution < 1.29 is 28.0 Å². The standard InChI is InChI=1S/C15H30N2O6Si/c1-7-17(15(20)16-9-8-13(3)14(18)19)10-12(2)11-24(21-4,22-5)23-6/h12H,3,7-11H2,1-2,4-6H3,(H,16,20)(H,18,19). The van der Waals surface area contributed by atoms with Gasteiger partial charge in [0.2, 0.25) is 0 Å². The van der Waals surface area contributed by atoms with E-state index in [1.54, 1.807) is 26.2 Å². The molecule has 0 rings (SSSR count). The first-order chi connectivity index (χ1) is 11.2. The van der Waals surface area contributed by atoms with Crippen LogP contribution in [0.3, 0.4) is 0 Å². The Balaban J connectivity index is 4.49. The lowest BCUT2D eigenvalue weighted by molar-refractivity contribution is -0.132. The van der Waals surface area contributed by atoms with Crippen molar-refractivity contribution in [2.45, 2.75) is 26.3 Å². The van der Waals surface area contributed by atoms with Gasteiger partial charge in [-0.05, 0) is 19.3 Å². The first kappa shape index (κ1) is 22.6. The lowest BCUT2D eigenvalue weighted by atomic mass is 10.2. The largest absolute Gasteiger partial charge is 0.500 e. The molecule has 0 aromatic carbocycles. The fourth-order valence-electron chi connectivity index (χ4n) is 2.26. The van der Waals surface area contributed by atoms with Crippen LogP contribution in [-0.2, 0) is 18.1 Å². The molecule has 0 heterocycles. The Kier molecular flexibility index (Phi) is 10.5. The van der Waals surface area contributed by atoms with Crippen molar-refractivity contribution in [3.05, 3.63) is 12.2 Å². The monoisotopic (exact) mass is 362 g/mol. The second-order valence-electron chi connectivity index (χ2n) is 5.53. The summed E-state index contributed by atoms with van der Waals surface area (Å²) in [4.78, 5) is 24.5. The van der Waals surface area contributed by atoms with E-state index in [0.29, 0.717) is 19.1 Å². The van der Waals surface area contributed by atoms with Crippen molar-refractivity contribution in [1.82, 2.24) is 10.2 Å². The first-order valence-corrected chi connectivity index (χ1v) is 9.77. The number of hydrogen-bond acceptors (Lipinski definition) is 5. The number of urea groups is 1. The summed E-state index contributed by atoms with van der Waals surface area (Å²) in [5.74, 6) is -0.929. The predicted octanol–water partition coefficient (Wildman–Crippen LogP) is 1.56. The third-order valence-electron chi connectivity index (χ3n) is 3.74. The molecule has 2 amide bonds. The molecule has 1 unspecified atom stereocenters. The fourth-order valence-corrected chi connectivity index (χ4v) is 4.24. The maximum absolute atomic E-state index is 12.2. The average Bonchev–Trinajstić information content (AvgIpc) is 2.57. The Hall–Kier alpha value is -1.42. The molecule has 0 fully saturated rings. The van der Waals surface area contributed by atoms with E-state index in [2.05, 4.69) is 11.9 Å². The molecule has 9 heteroatoms. The van der Waals surface area contributed by atoms with Crippen LogP contribution in [0, 0.1) is 5.92 Å². The molecule has 0 spiro atoms. The van der Waals surface area contributed by atoms with Crippen LogP contribution in [-0.4, -0.2) is 71.8 Å². The highest BCUT2D eigenvalue weighted by atomic mass is 28.4. The molecule has 0 aromatic heterocycles. The number of hydrogen-bond donors (Lipinski definition) is 2. The number of rotatable bonds is 12. The summed E-state index contributed by atoms with van der Waals surface area (Å²) in [6.07, 6.45) is 0.210. The van der Waals surface area contributed by atoms with E-state index in [-0.39, 0.29) is 30.5 Å². The number of carboxylic acids is 1. The molecule has 0 aliphatic carbocycles. The molecule has 24 heavy (non-hydrogen) atoms. The summed E-state index contributed by atoms with van der Waals surface area (Å²) in [5.41, 5.74) is 0.0720. The summed E-state index contributed by atoms with van der Waals surface area (Å²) in [7, 11) is 2.00. The lowest BCUT2D eigenvalue weighted by Gasteiger charge is -2.30. The normalized spacial score (nSPS) is 12.5. The van der Waals surface area contributed by atoms with E-state index in [4.69, 9.17) is 18.4 Å². The molecule has 0 saturated heterocycles. The van der Waals surface area contributed by atoms with Gasteiger partial charge in [-0.15, -0.1) is 0 Å². The Labute approximate surface area is 145 Å². The maximum Gasteiger partial charge on any atom is 0.500 e. The van der Waals surface area contributed by atoms with Gasteiger partial charge in [-0.25, -0.2) is 9.59 Å². The second kappa shape index (κ2) is 11.2. The third-order valence-corrected chi connectivity index (χ3v) is 6.80. The van der Waals surface area contributed by atoms with Gasteiger partial charge < -0.3 is 28.6 Å². The SMILES string of the molecule is C=C(CCNC(=O)N(CC)CC(C)C[Si](OC)(OC)OC)C(=O)O. The van der Waals surface area contributed by atoms with Crippen LogP contribution in [0.4, 0.5) is 4.79 Å². The van der Waals surface area contributed by atoms with Crippen LogP contribution in [0.25, 0.3) is 0 Å². The molecule has 0 aliphatic heterocycles. The number of aliphatic carboxylic acids is 1. The van der Waals surface area contributed by atoms with Gasteiger partial charge in [-0.3, -0.25) is 0 Å². The molecule has 0 aliphatic rings. The molecule has 2 N–H and O–H groups in total. The van der Waals surface area contributed by atoms with Crippen LogP contribution in [0.5, 0.6) is 0 Å². The van der Waals surface area contributed by atoms with E-state index in [1.807, 2.05) is 13.8 Å². The van der Waals surface area contributed by atoms with E-state index in [0.717, 1.165) is 0 Å². The Morgan fingerprint density at radius 3 is 2.21 bits per heavy atom. The molecule has 140 valence electrons. The van der Waals surface area contributed by atoms with Crippen LogP contribution < -0.4 is 5.32 Å². The molecular weight excluding hydrogens is 332 g/mol. The minimum atomic E-state index is -2.68. The maximum atomic E-state index is 12.2. The number of nitrogens with zero attached hydrogens (tertiary/aromatic N) is 1. The smallest absolute Gasteiger partial charge is 0.478 e. The zero-order valence-electron chi connectivity index (χ0n) is 15.3. The summed E-state index contributed by atoms with van der Waals surface area (Å²) < 4.78 is 16.2. The van der Waals surface area contributed by atoms with Gasteiger partial charge in [0.1, 0.15) is 0 Å². The van der Waals surface area contributed by atoms with Crippen LogP contribution in [0.15, 0.2) is 12.2 Å². The summed E-state index contributed by atoms with van der Waals surface area (Å²) in [6, 6.07) is 0.359. The summed E-state index contributed by atoms with van der Waals surface area (Å²) >= 11 is 0. The minimum absolute atomic E-state index is 0.0720. The molecule has 0 bridgehead atoms. The van der Waals surface area contributed by atoms with Crippen LogP contribution in [0.1, 0.15) is 20.3 Å². The van der Waals surface area contributed by atoms with Gasteiger partial charge in [-0.2, -0.15) is 0 Å². The highest BCUT2D eigenvalue weighted by Crippen LogP contribution is 2.20. The highest BCUT2D eigenvalue weighted by Gasteiger charge is 2.39. The molecular formula is C15H30N2O6Si. The number of amides is 2. The van der Waals surface area contributed by atoms with Gasteiger partial charge in [-0.1, -0.05) is 13.5 Å². The van der Waals surface area contributed by atoms with Crippen LogP contribution >= 0.6 is 0 Å². The topological polar surface area (TPSA) is 97.3 Å². The van der Waals surface area contributed by atoms with Gasteiger partial charge in [0.05, 0.1) is 0 Å². The Morgan fingerprint density at radius 2 is 1.79 bits per heavy atom. The summed E-state index contributed by atoms with van der Waals surface area (Å²) in [6.45, 7) is 8.62. The highest BCUT2D eigenvalue weighted by molar-refractivity contribution is 6.60. The molecule has 0 aromatic rings. The van der Waals surface area contributed by atoms with E-state index in [9.17, 15) is 9.59 Å². The van der Waals surface area contributed by atoms with Gasteiger partial charge in [0.15, 0.2) is 0 Å². The zero-order valence-corrected chi connectivity index (χ0v) is 16.3. The quantitative estimate of drug-likeness (QED) is 0.404. The number of nitrogens with one attached hydrogen (secondary N) is 1. The van der Waals surface area contributed by atoms with Crippen molar-refractivity contribution in [1.29, 1.82) is 0 Å². The zero-order chi connectivity index (χ0) is 18.8. The Morgan fingerprint density at radius 1 is 1.25 bits per heavy atom. The Bertz CT molecular complexity index is 420. The molecule has 8 nitrogen and oxygen atoms in total. The minimum Gasteiger partial charge on any atom is -0.478 e. The number of carbonyl (C=O) groups excluding carboxylic acids is 1. The number of carbonyl (C=O) groups is 2. The van der Waals surface area contributed by atoms with E-state index in [1.165, 1.54) is 0 Å². The van der Waals surface area contributed by atoms with Crippen molar-refractivity contribution in [3.8, 4) is 0 Å². The lowest BCUT2D eigenvalue weighted by Crippen LogP contribution is -2.47. The van der Waals surface area contributed by atoms with Crippen molar-refractivity contribution in [3.63, 3.8) is 0 Å². The van der Waals surface area contributed by atoms with Gasteiger partial charge in [0.25, 0.3) is 0 Å². The summed E-state index contributed by atoms with van der Waals surface area (Å²) in [5, 5.41) is 11.5.